The summed E-state index contributed by atoms with van der Waals surface area (Å²) >= 11 is 75.8. The van der Waals surface area contributed by atoms with E-state index in [-0.39, 0.29) is 99.6 Å². The van der Waals surface area contributed by atoms with Gasteiger partial charge in [0, 0.05) is 56.9 Å². The average molecular weight is 2230 g/mol. The maximum Gasteiger partial charge on any atom is 0.171 e. The lowest BCUT2D eigenvalue weighted by molar-refractivity contribution is 0.542. The van der Waals surface area contributed by atoms with Gasteiger partial charge in [0.05, 0.1) is 95.8 Å². The molecule has 0 aliphatic rings. The van der Waals surface area contributed by atoms with Gasteiger partial charge in [-0.25, -0.2) is 59.1 Å². The number of hydrogen-bond acceptors (Lipinski definition) is 10. The summed E-state index contributed by atoms with van der Waals surface area (Å²) in [6, 6.07) is 45.9. The van der Waals surface area contributed by atoms with Crippen molar-refractivity contribution in [3.8, 4) is 28.4 Å². The van der Waals surface area contributed by atoms with Crippen molar-refractivity contribution < 1.29 is 30.7 Å². The number of halogens is 21. The molecule has 0 saturated heterocycles. The molecule has 5 aromatic heterocycles. The van der Waals surface area contributed by atoms with Crippen LogP contribution >= 0.6 is 171 Å². The van der Waals surface area contributed by atoms with Crippen molar-refractivity contribution in [1.82, 2.24) is 74.7 Å². The monoisotopic (exact) mass is 2230 g/mol. The Hall–Kier alpha value is -8.15. The fourth-order valence-electron chi connectivity index (χ4n) is 13.0. The van der Waals surface area contributed by atoms with Gasteiger partial charge in [0.15, 0.2) is 10.3 Å². The molecule has 136 heavy (non-hydrogen) atoms. The van der Waals surface area contributed by atoms with Crippen LogP contribution in [0, 0.1) is 40.7 Å². The van der Waals surface area contributed by atoms with Crippen molar-refractivity contribution in [2.24, 2.45) is 0 Å². The van der Waals surface area contributed by atoms with Gasteiger partial charge < -0.3 is 0 Å². The third kappa shape index (κ3) is 34.4. The zero-order valence-electron chi connectivity index (χ0n) is 78.0. The minimum Gasteiger partial charge on any atom is -0.223 e. The molecule has 0 saturated carbocycles. The molecule has 0 unspecified atom stereocenters. The first-order valence-electron chi connectivity index (χ1n) is 42.7. The molecule has 15 aromatic rings. The molecule has 0 spiro atoms. The molecule has 36 heteroatoms. The number of benzene rings is 10. The highest BCUT2D eigenvalue weighted by atomic mass is 79.9. The fourth-order valence-corrected chi connectivity index (χ4v) is 16.4. The zero-order chi connectivity index (χ0) is 102. The average Bonchev–Trinajstić information content (AvgIpc) is 1.41. The predicted molar refractivity (Wildman–Crippen MR) is 555 cm³/mol. The highest BCUT2D eigenvalue weighted by molar-refractivity contribution is 9.10. The van der Waals surface area contributed by atoms with Crippen molar-refractivity contribution in [2.45, 2.75) is 198 Å². The molecule has 0 N–H and O–H groups in total. The Bertz CT molecular complexity index is 6140. The molecule has 15 nitrogen and oxygen atoms in total. The van der Waals surface area contributed by atoms with E-state index in [1.807, 2.05) is 148 Å². The van der Waals surface area contributed by atoms with Crippen LogP contribution in [0.2, 0.25) is 60.5 Å². The fraction of sp³-hybridized carbons (Fsp3) is 0.300. The van der Waals surface area contributed by atoms with E-state index in [4.69, 9.17) is 139 Å². The topological polar surface area (TPSA) is 154 Å². The maximum absolute atomic E-state index is 14.0. The molecule has 0 aliphatic carbocycles. The number of nitrogens with zero attached hydrogens (tertiary/aromatic N) is 15. The van der Waals surface area contributed by atoms with E-state index < -0.39 is 17.5 Å². The van der Waals surface area contributed by atoms with Gasteiger partial charge in [-0.05, 0) is 220 Å². The predicted octanol–water partition coefficient (Wildman–Crippen LogP) is 36.3. The first-order valence-corrected chi connectivity index (χ1v) is 48.8. The quantitative estimate of drug-likeness (QED) is 0.0716. The summed E-state index contributed by atoms with van der Waals surface area (Å²) in [4.78, 5) is 3.85. The van der Waals surface area contributed by atoms with Gasteiger partial charge in [0.1, 0.15) is 53.4 Å². The molecule has 0 radical (unpaired) electrons. The van der Waals surface area contributed by atoms with Gasteiger partial charge >= 0.3 is 0 Å². The van der Waals surface area contributed by atoms with Crippen LogP contribution in [0.4, 0.5) is 30.7 Å². The normalized spacial score (nSPS) is 10.9. The van der Waals surface area contributed by atoms with Crippen LogP contribution in [0.1, 0.15) is 253 Å². The van der Waals surface area contributed by atoms with Crippen LogP contribution in [0.3, 0.4) is 0 Å². The Morgan fingerprint density at radius 2 is 0.618 bits per heavy atom. The van der Waals surface area contributed by atoms with Crippen LogP contribution < -0.4 is 0 Å². The second-order valence-corrected chi connectivity index (χ2v) is 39.9. The van der Waals surface area contributed by atoms with Crippen molar-refractivity contribution in [3.63, 3.8) is 0 Å². The molecular formula is C100H104Br2Cl12F7N15. The Kier molecular flexibility index (Phi) is 48.3. The van der Waals surface area contributed by atoms with E-state index in [9.17, 15) is 30.7 Å². The molecule has 0 atom stereocenters. The molecule has 0 aliphatic heterocycles. The third-order valence-electron chi connectivity index (χ3n) is 19.7. The summed E-state index contributed by atoms with van der Waals surface area (Å²) < 4.78 is 104. The largest absolute Gasteiger partial charge is 0.223 e. The van der Waals surface area contributed by atoms with Crippen LogP contribution in [0.25, 0.3) is 28.4 Å². The lowest BCUT2D eigenvalue weighted by atomic mass is 10.0. The van der Waals surface area contributed by atoms with E-state index in [0.717, 1.165) is 46.0 Å². The second-order valence-electron chi connectivity index (χ2n) is 33.2. The summed E-state index contributed by atoms with van der Waals surface area (Å²) in [5.74, 6) is -0.969. The zero-order valence-corrected chi connectivity index (χ0v) is 90.3. The Morgan fingerprint density at radius 3 is 0.963 bits per heavy atom. The number of hydrogen-bond donors (Lipinski definition) is 0. The van der Waals surface area contributed by atoms with Crippen molar-refractivity contribution in [1.29, 1.82) is 0 Å². The molecule has 0 fully saturated rings. The van der Waals surface area contributed by atoms with Gasteiger partial charge in [-0.15, -0.1) is 20.4 Å². The Morgan fingerprint density at radius 1 is 0.279 bits per heavy atom. The SMILES string of the molecule is CC(C)c1c(-n2cc(Cl)nn2)ccc(Cl)c1F.CC(C)c1c(-n2ccnn2)ccc(Cl)c1F.CC(C)c1c(-n2cncn2)ccc(Cl)c1F.CC(C)c1c(Br)ccc(Cl)c1F.CC(C)c1c(F)ccc(Cl)c1F.CC(C)c1cc(Cl)ccc1-n1cc(Cl)nn1.CC(C)c1cc(Cl)ccc1-n1ccnn1.CC(C)c1cc(Cl)ccc1Br.CC(C)c1cccc(Cl)c1.CC(C)c1cccc(Cl)c1F. The van der Waals surface area contributed by atoms with Gasteiger partial charge in [-0.2, -0.15) is 5.10 Å². The second kappa shape index (κ2) is 56.3. The maximum atomic E-state index is 14.0. The van der Waals surface area contributed by atoms with E-state index in [2.05, 4.69) is 145 Å². The van der Waals surface area contributed by atoms with Crippen LogP contribution in [-0.4, -0.2) is 74.7 Å². The lowest BCUT2D eigenvalue weighted by Crippen LogP contribution is -2.05. The van der Waals surface area contributed by atoms with Crippen LogP contribution in [0.15, 0.2) is 217 Å². The molecule has 726 valence electrons. The minimum absolute atomic E-state index is 0.0216. The van der Waals surface area contributed by atoms with Crippen molar-refractivity contribution >= 4 is 171 Å². The highest BCUT2D eigenvalue weighted by Crippen LogP contribution is 2.38. The summed E-state index contributed by atoms with van der Waals surface area (Å²) in [5.41, 5.74) is 11.8. The summed E-state index contributed by atoms with van der Waals surface area (Å²) in [5, 5.41) is 39.0. The van der Waals surface area contributed by atoms with E-state index in [1.54, 1.807) is 96.5 Å². The Balaban J connectivity index is 0.000000233. The van der Waals surface area contributed by atoms with E-state index in [0.29, 0.717) is 73.7 Å². The smallest absolute Gasteiger partial charge is 0.171 e. The molecule has 15 rings (SSSR count). The van der Waals surface area contributed by atoms with Crippen LogP contribution in [-0.2, 0) is 0 Å². The number of aromatic nitrogens is 15. The molecule has 0 amide bonds. The molecule has 0 bridgehead atoms. The van der Waals surface area contributed by atoms with Crippen molar-refractivity contribution in [3.05, 3.63) is 373 Å². The van der Waals surface area contributed by atoms with Gasteiger partial charge in [0.2, 0.25) is 0 Å². The van der Waals surface area contributed by atoms with Crippen molar-refractivity contribution in [2.75, 3.05) is 0 Å². The first-order chi connectivity index (χ1) is 64.0. The van der Waals surface area contributed by atoms with Gasteiger partial charge in [-0.3, -0.25) is 0 Å². The Labute approximate surface area is 868 Å². The lowest BCUT2D eigenvalue weighted by Gasteiger charge is -2.14. The van der Waals surface area contributed by atoms with Crippen LogP contribution in [0.5, 0.6) is 0 Å². The standard InChI is InChI=1S/C11H10Cl2FN3.C11H11Cl2N3.2C11H11ClFN3.C11H12ClN3.C9H9BrClF.C9H10BrCl.C9H9ClF2.C9H10ClF.C9H11Cl/c1-6(2)10-8(4-3-7(12)11(10)14)17-5-9(13)15-16-17;1-7(2)9-5-8(12)3-4-10(9)16-6-11(13)14-15-16;1-7(2)10-9(16-6-14-5-15-16)4-3-8(12)11(10)13;1-7(2)10-9(16-6-5-14-15-16)4-3-8(12)11(10)13;1-8(2)10-7-9(12)3-4-11(10)15-6-5-13-14-15;1-5(2)8-6(10)3-4-7(11)9(8)12;1-6(2)8-5-7(11)3-4-9(8)10;1-5(2)8-7(11)4-3-6(10)9(8)12;1-6(2)7-4-3-5-8(10)9(7)11;1-7(2)8-4-3-5-9(10)6-8/h3-6H,1-2H3;3*3-7H,1-2H3;3-8H,1-2H3;3-5H,1-2H3;3-6H,1-2H3;3-5H,1-2H3;3-6H,1-2H3;3-7H,1-2H3. The van der Waals surface area contributed by atoms with Gasteiger partial charge in [-0.1, -0.05) is 355 Å². The highest BCUT2D eigenvalue weighted by Gasteiger charge is 2.23. The molecule has 10 aromatic carbocycles. The van der Waals surface area contributed by atoms with E-state index in [1.165, 1.54) is 79.9 Å². The minimum atomic E-state index is -0.647. The first kappa shape index (κ1) is 117. The number of rotatable bonds is 15. The molecular weight excluding hydrogens is 2130 g/mol. The van der Waals surface area contributed by atoms with Gasteiger partial charge in [0.25, 0.3) is 0 Å². The third-order valence-corrected chi connectivity index (χ3v) is 24.2. The van der Waals surface area contributed by atoms with E-state index >= 15 is 0 Å². The summed E-state index contributed by atoms with van der Waals surface area (Å²) in [6.07, 6.45) is 12.9. The summed E-state index contributed by atoms with van der Waals surface area (Å²) in [7, 11) is 0. The summed E-state index contributed by atoms with van der Waals surface area (Å²) in [6.45, 7) is 39.7. The molecule has 5 heterocycles.